The van der Waals surface area contributed by atoms with Gasteiger partial charge in [-0.2, -0.15) is 0 Å². The predicted molar refractivity (Wildman–Crippen MR) is 67.8 cm³/mol. The van der Waals surface area contributed by atoms with E-state index in [-0.39, 0.29) is 5.82 Å². The van der Waals surface area contributed by atoms with Gasteiger partial charge in [-0.05, 0) is 44.5 Å². The Hall–Kier alpha value is -1.09. The largest absolute Gasteiger partial charge is 0.370 e. The summed E-state index contributed by atoms with van der Waals surface area (Å²) < 4.78 is 13.3. The molecule has 0 aromatic heterocycles. The van der Waals surface area contributed by atoms with Gasteiger partial charge < -0.3 is 4.90 Å². The molecule has 0 saturated carbocycles. The van der Waals surface area contributed by atoms with Crippen molar-refractivity contribution in [1.29, 1.82) is 0 Å². The SMILES string of the molecule is CN1C2CCC1CN(c1cccc(F)c1)CC2. The predicted octanol–water partition coefficient (Wildman–Crippen LogP) is 2.50. The Morgan fingerprint density at radius 1 is 1.18 bits per heavy atom. The highest BCUT2D eigenvalue weighted by atomic mass is 19.1. The fourth-order valence-electron chi connectivity index (χ4n) is 3.22. The van der Waals surface area contributed by atoms with Crippen LogP contribution in [0.25, 0.3) is 0 Å². The molecule has 2 aliphatic heterocycles. The third-order valence-corrected chi connectivity index (χ3v) is 4.32. The molecule has 0 aliphatic carbocycles. The normalized spacial score (nSPS) is 29.4. The van der Waals surface area contributed by atoms with Crippen molar-refractivity contribution in [3.05, 3.63) is 30.1 Å². The fraction of sp³-hybridized carbons (Fsp3) is 0.571. The first-order valence-corrected chi connectivity index (χ1v) is 6.46. The van der Waals surface area contributed by atoms with E-state index in [4.69, 9.17) is 0 Å². The maximum absolute atomic E-state index is 13.3. The number of likely N-dealkylation sites (N-methyl/N-ethyl adjacent to an activating group) is 1. The van der Waals surface area contributed by atoms with Crippen LogP contribution in [0.2, 0.25) is 0 Å². The summed E-state index contributed by atoms with van der Waals surface area (Å²) in [6.07, 6.45) is 3.81. The highest BCUT2D eigenvalue weighted by Crippen LogP contribution is 2.30. The summed E-state index contributed by atoms with van der Waals surface area (Å²) in [7, 11) is 2.23. The number of hydrogen-bond acceptors (Lipinski definition) is 2. The highest BCUT2D eigenvalue weighted by Gasteiger charge is 2.34. The Bertz CT molecular complexity index is 407. The third-order valence-electron chi connectivity index (χ3n) is 4.32. The molecule has 3 heteroatoms. The zero-order valence-corrected chi connectivity index (χ0v) is 10.3. The highest BCUT2D eigenvalue weighted by molar-refractivity contribution is 5.47. The Kier molecular flexibility index (Phi) is 2.79. The number of anilines is 1. The molecule has 2 nitrogen and oxygen atoms in total. The van der Waals surface area contributed by atoms with Crippen LogP contribution in [-0.4, -0.2) is 37.1 Å². The second-order valence-electron chi connectivity index (χ2n) is 5.27. The van der Waals surface area contributed by atoms with E-state index in [2.05, 4.69) is 16.8 Å². The van der Waals surface area contributed by atoms with Gasteiger partial charge in [0, 0.05) is 30.9 Å². The van der Waals surface area contributed by atoms with Crippen LogP contribution in [0.1, 0.15) is 19.3 Å². The Labute approximate surface area is 102 Å². The second kappa shape index (κ2) is 4.30. The summed E-state index contributed by atoms with van der Waals surface area (Å²) in [5, 5.41) is 0. The van der Waals surface area contributed by atoms with Crippen molar-refractivity contribution in [2.45, 2.75) is 31.3 Å². The van der Waals surface area contributed by atoms with Gasteiger partial charge in [0.2, 0.25) is 0 Å². The Balaban J connectivity index is 1.81. The zero-order valence-electron chi connectivity index (χ0n) is 10.3. The van der Waals surface area contributed by atoms with Crippen LogP contribution in [0.5, 0.6) is 0 Å². The number of hydrogen-bond donors (Lipinski definition) is 0. The molecule has 0 N–H and O–H groups in total. The minimum Gasteiger partial charge on any atom is -0.370 e. The summed E-state index contributed by atoms with van der Waals surface area (Å²) in [6.45, 7) is 2.09. The summed E-state index contributed by atoms with van der Waals surface area (Å²) in [4.78, 5) is 4.85. The fourth-order valence-corrected chi connectivity index (χ4v) is 3.22. The molecular formula is C14H19FN2. The van der Waals surface area contributed by atoms with Crippen LogP contribution in [0.3, 0.4) is 0 Å². The number of fused-ring (bicyclic) bond motifs is 2. The maximum Gasteiger partial charge on any atom is 0.125 e. The van der Waals surface area contributed by atoms with Crippen LogP contribution in [0, 0.1) is 5.82 Å². The van der Waals surface area contributed by atoms with Crippen molar-refractivity contribution in [2.75, 3.05) is 25.0 Å². The monoisotopic (exact) mass is 234 g/mol. The van der Waals surface area contributed by atoms with E-state index in [0.717, 1.165) is 24.8 Å². The summed E-state index contributed by atoms with van der Waals surface area (Å²) in [6, 6.07) is 8.36. The van der Waals surface area contributed by atoms with E-state index >= 15 is 0 Å². The molecule has 2 bridgehead atoms. The van der Waals surface area contributed by atoms with E-state index in [9.17, 15) is 4.39 Å². The van der Waals surface area contributed by atoms with E-state index < -0.39 is 0 Å². The Morgan fingerprint density at radius 2 is 2.00 bits per heavy atom. The standard InChI is InChI=1S/C14H19FN2/c1-16-12-5-6-14(16)10-17(8-7-12)13-4-2-3-11(15)9-13/h2-4,9,12,14H,5-8,10H2,1H3. The van der Waals surface area contributed by atoms with E-state index in [1.165, 1.54) is 25.3 Å². The van der Waals surface area contributed by atoms with Crippen molar-refractivity contribution in [3.8, 4) is 0 Å². The molecule has 1 aromatic rings. The molecule has 2 unspecified atom stereocenters. The first kappa shape index (κ1) is 11.0. The molecule has 2 atom stereocenters. The van der Waals surface area contributed by atoms with Gasteiger partial charge >= 0.3 is 0 Å². The number of nitrogens with zero attached hydrogens (tertiary/aromatic N) is 2. The molecule has 0 amide bonds. The maximum atomic E-state index is 13.3. The first-order valence-electron chi connectivity index (χ1n) is 6.46. The molecule has 2 heterocycles. The molecule has 3 rings (SSSR count). The van der Waals surface area contributed by atoms with Gasteiger partial charge in [-0.1, -0.05) is 6.07 Å². The summed E-state index contributed by atoms with van der Waals surface area (Å²) in [5.74, 6) is -0.134. The minimum atomic E-state index is -0.134. The topological polar surface area (TPSA) is 6.48 Å². The van der Waals surface area contributed by atoms with Crippen LogP contribution in [0.15, 0.2) is 24.3 Å². The van der Waals surface area contributed by atoms with Crippen molar-refractivity contribution < 1.29 is 4.39 Å². The lowest BCUT2D eigenvalue weighted by molar-refractivity contribution is 0.254. The number of benzene rings is 1. The van der Waals surface area contributed by atoms with Gasteiger partial charge in [0.05, 0.1) is 0 Å². The summed E-state index contributed by atoms with van der Waals surface area (Å²) >= 11 is 0. The summed E-state index contributed by atoms with van der Waals surface area (Å²) in [5.41, 5.74) is 1.03. The van der Waals surface area contributed by atoms with Crippen LogP contribution >= 0.6 is 0 Å². The molecule has 2 saturated heterocycles. The van der Waals surface area contributed by atoms with Crippen molar-refractivity contribution >= 4 is 5.69 Å². The molecule has 17 heavy (non-hydrogen) atoms. The van der Waals surface area contributed by atoms with Crippen LogP contribution in [0.4, 0.5) is 10.1 Å². The van der Waals surface area contributed by atoms with E-state index in [0.29, 0.717) is 6.04 Å². The van der Waals surface area contributed by atoms with Crippen molar-refractivity contribution in [2.24, 2.45) is 0 Å². The molecule has 2 aliphatic rings. The lowest BCUT2D eigenvalue weighted by Crippen LogP contribution is -2.36. The lowest BCUT2D eigenvalue weighted by atomic mass is 10.1. The Morgan fingerprint density at radius 3 is 2.82 bits per heavy atom. The lowest BCUT2D eigenvalue weighted by Gasteiger charge is -2.27. The molecule has 0 spiro atoms. The second-order valence-corrected chi connectivity index (χ2v) is 5.27. The van der Waals surface area contributed by atoms with Gasteiger partial charge in [0.15, 0.2) is 0 Å². The van der Waals surface area contributed by atoms with E-state index in [1.54, 1.807) is 12.1 Å². The molecule has 0 radical (unpaired) electrons. The van der Waals surface area contributed by atoms with Crippen molar-refractivity contribution in [3.63, 3.8) is 0 Å². The van der Waals surface area contributed by atoms with Gasteiger partial charge in [-0.15, -0.1) is 0 Å². The van der Waals surface area contributed by atoms with Crippen LogP contribution < -0.4 is 4.90 Å². The molecule has 1 aromatic carbocycles. The molecule has 92 valence electrons. The average Bonchev–Trinajstić information content (AvgIpc) is 2.53. The quantitative estimate of drug-likeness (QED) is 0.736. The number of rotatable bonds is 1. The van der Waals surface area contributed by atoms with Gasteiger partial charge in [-0.3, -0.25) is 4.90 Å². The smallest absolute Gasteiger partial charge is 0.125 e. The van der Waals surface area contributed by atoms with Gasteiger partial charge in [0.1, 0.15) is 5.82 Å². The number of halogens is 1. The van der Waals surface area contributed by atoms with Gasteiger partial charge in [0.25, 0.3) is 0 Å². The third kappa shape index (κ3) is 2.04. The minimum absolute atomic E-state index is 0.134. The first-order chi connectivity index (χ1) is 8.24. The molecule has 2 fully saturated rings. The van der Waals surface area contributed by atoms with Crippen LogP contribution in [-0.2, 0) is 0 Å². The van der Waals surface area contributed by atoms with Crippen molar-refractivity contribution in [1.82, 2.24) is 4.90 Å². The average molecular weight is 234 g/mol. The molecular weight excluding hydrogens is 215 g/mol. The van der Waals surface area contributed by atoms with E-state index in [1.807, 2.05) is 6.07 Å². The zero-order chi connectivity index (χ0) is 11.8. The van der Waals surface area contributed by atoms with Gasteiger partial charge in [-0.25, -0.2) is 4.39 Å².